The Kier molecular flexibility index (Phi) is 2.99. The van der Waals surface area contributed by atoms with Crippen molar-refractivity contribution in [2.24, 2.45) is 0 Å². The molecule has 23 heavy (non-hydrogen) atoms. The molecule has 1 fully saturated rings. The second-order valence-corrected chi connectivity index (χ2v) is 6.98. The summed E-state index contributed by atoms with van der Waals surface area (Å²) in [4.78, 5) is 3.32. The zero-order chi connectivity index (χ0) is 16.2. The SMILES string of the molecule is CC1(C)OB(c2ccc(-n3cccn3)c3cc[nH]c23)OC1(C)C. The second kappa shape index (κ2) is 4.72. The molecule has 0 aliphatic carbocycles. The zero-order valence-corrected chi connectivity index (χ0v) is 13.8. The van der Waals surface area contributed by atoms with Gasteiger partial charge in [0.25, 0.3) is 0 Å². The second-order valence-electron chi connectivity index (χ2n) is 6.98. The van der Waals surface area contributed by atoms with Crippen LogP contribution in [0.5, 0.6) is 0 Å². The van der Waals surface area contributed by atoms with E-state index in [1.54, 1.807) is 6.20 Å². The smallest absolute Gasteiger partial charge is 0.399 e. The molecule has 0 spiro atoms. The summed E-state index contributed by atoms with van der Waals surface area (Å²) in [5, 5.41) is 5.43. The summed E-state index contributed by atoms with van der Waals surface area (Å²) in [5.74, 6) is 0. The molecule has 5 nitrogen and oxygen atoms in total. The van der Waals surface area contributed by atoms with Gasteiger partial charge in [-0.05, 0) is 45.9 Å². The molecule has 4 rings (SSSR count). The lowest BCUT2D eigenvalue weighted by atomic mass is 9.77. The molecule has 1 N–H and O–H groups in total. The first-order valence-electron chi connectivity index (χ1n) is 7.85. The lowest BCUT2D eigenvalue weighted by Crippen LogP contribution is -2.41. The average Bonchev–Trinajstić information content (AvgIpc) is 3.19. The number of H-pyrrole nitrogens is 1. The quantitative estimate of drug-likeness (QED) is 0.741. The number of nitrogens with one attached hydrogen (secondary N) is 1. The Balaban J connectivity index is 1.82. The van der Waals surface area contributed by atoms with Crippen molar-refractivity contribution >= 4 is 23.5 Å². The van der Waals surface area contributed by atoms with Crippen LogP contribution < -0.4 is 5.46 Å². The van der Waals surface area contributed by atoms with Crippen molar-refractivity contribution < 1.29 is 9.31 Å². The van der Waals surface area contributed by atoms with Crippen molar-refractivity contribution in [3.05, 3.63) is 42.9 Å². The van der Waals surface area contributed by atoms with E-state index in [-0.39, 0.29) is 18.3 Å². The Bertz CT molecular complexity index is 836. The lowest BCUT2D eigenvalue weighted by molar-refractivity contribution is 0.00578. The van der Waals surface area contributed by atoms with Gasteiger partial charge < -0.3 is 14.3 Å². The lowest BCUT2D eigenvalue weighted by Gasteiger charge is -2.32. The minimum absolute atomic E-state index is 0.350. The first kappa shape index (κ1) is 14.5. The monoisotopic (exact) mass is 309 g/mol. The third-order valence-electron chi connectivity index (χ3n) is 4.99. The largest absolute Gasteiger partial charge is 0.497 e. The zero-order valence-electron chi connectivity index (χ0n) is 13.8. The topological polar surface area (TPSA) is 52.1 Å². The van der Waals surface area contributed by atoms with E-state index < -0.39 is 0 Å². The van der Waals surface area contributed by atoms with Crippen LogP contribution in [0.1, 0.15) is 27.7 Å². The van der Waals surface area contributed by atoms with E-state index in [0.29, 0.717) is 0 Å². The van der Waals surface area contributed by atoms with Gasteiger partial charge in [0.15, 0.2) is 0 Å². The maximum atomic E-state index is 6.19. The molecule has 3 heterocycles. The van der Waals surface area contributed by atoms with E-state index in [2.05, 4.69) is 56.0 Å². The van der Waals surface area contributed by atoms with E-state index >= 15 is 0 Å². The maximum absolute atomic E-state index is 6.19. The van der Waals surface area contributed by atoms with Crippen LogP contribution in [0.2, 0.25) is 0 Å². The van der Waals surface area contributed by atoms with Crippen LogP contribution in [0, 0.1) is 0 Å². The average molecular weight is 309 g/mol. The third kappa shape index (κ3) is 2.13. The van der Waals surface area contributed by atoms with E-state index in [1.807, 2.05) is 23.1 Å². The van der Waals surface area contributed by atoms with Crippen molar-refractivity contribution in [3.8, 4) is 5.69 Å². The predicted octanol–water partition coefficient (Wildman–Crippen LogP) is 2.65. The van der Waals surface area contributed by atoms with E-state index in [9.17, 15) is 0 Å². The molecule has 1 aromatic carbocycles. The number of hydrogen-bond donors (Lipinski definition) is 1. The molecule has 0 bridgehead atoms. The van der Waals surface area contributed by atoms with Gasteiger partial charge in [-0.3, -0.25) is 0 Å². The maximum Gasteiger partial charge on any atom is 0.497 e. The summed E-state index contributed by atoms with van der Waals surface area (Å²) in [6.45, 7) is 8.27. The van der Waals surface area contributed by atoms with Gasteiger partial charge in [-0.15, -0.1) is 0 Å². The molecule has 0 atom stereocenters. The molecule has 3 aromatic rings. The van der Waals surface area contributed by atoms with E-state index in [0.717, 1.165) is 22.1 Å². The molecule has 0 unspecified atom stereocenters. The molecule has 6 heteroatoms. The van der Waals surface area contributed by atoms with Gasteiger partial charge in [-0.1, -0.05) is 6.07 Å². The Morgan fingerprint density at radius 2 is 1.83 bits per heavy atom. The van der Waals surface area contributed by atoms with Crippen molar-refractivity contribution in [2.75, 3.05) is 0 Å². The van der Waals surface area contributed by atoms with Crippen LogP contribution in [-0.4, -0.2) is 33.1 Å². The molecule has 0 amide bonds. The fourth-order valence-electron chi connectivity index (χ4n) is 2.94. The Hall–Kier alpha value is -2.05. The number of nitrogens with zero attached hydrogens (tertiary/aromatic N) is 2. The highest BCUT2D eigenvalue weighted by Gasteiger charge is 2.52. The van der Waals surface area contributed by atoms with Gasteiger partial charge in [0, 0.05) is 35.0 Å². The predicted molar refractivity (Wildman–Crippen MR) is 91.1 cm³/mol. The number of rotatable bonds is 2. The van der Waals surface area contributed by atoms with Gasteiger partial charge in [0.05, 0.1) is 16.9 Å². The van der Waals surface area contributed by atoms with Crippen LogP contribution in [-0.2, 0) is 9.31 Å². The van der Waals surface area contributed by atoms with Crippen molar-refractivity contribution in [2.45, 2.75) is 38.9 Å². The van der Waals surface area contributed by atoms with Crippen molar-refractivity contribution in [1.29, 1.82) is 0 Å². The van der Waals surface area contributed by atoms with Gasteiger partial charge in [0.1, 0.15) is 0 Å². The Morgan fingerprint density at radius 3 is 2.48 bits per heavy atom. The summed E-state index contributed by atoms with van der Waals surface area (Å²) < 4.78 is 14.3. The summed E-state index contributed by atoms with van der Waals surface area (Å²) in [6, 6.07) is 8.09. The molecule has 118 valence electrons. The highest BCUT2D eigenvalue weighted by Crippen LogP contribution is 2.37. The number of hydrogen-bond acceptors (Lipinski definition) is 3. The summed E-state index contributed by atoms with van der Waals surface area (Å²) in [7, 11) is -0.382. The Labute approximate surface area is 135 Å². The number of benzene rings is 1. The minimum Gasteiger partial charge on any atom is -0.399 e. The first-order valence-corrected chi connectivity index (χ1v) is 7.85. The van der Waals surface area contributed by atoms with Crippen LogP contribution in [0.15, 0.2) is 42.9 Å². The third-order valence-corrected chi connectivity index (χ3v) is 4.99. The van der Waals surface area contributed by atoms with E-state index in [4.69, 9.17) is 9.31 Å². The normalized spacial score (nSPS) is 19.6. The molecule has 1 saturated heterocycles. The van der Waals surface area contributed by atoms with Crippen LogP contribution in [0.3, 0.4) is 0 Å². The molecule has 2 aromatic heterocycles. The Morgan fingerprint density at radius 1 is 1.09 bits per heavy atom. The standard InChI is InChI=1S/C17H20BN3O2/c1-16(2)17(3,4)23-18(22-16)13-6-7-14(21-11-5-9-20-21)12-8-10-19-15(12)13/h5-11,19H,1-4H3. The van der Waals surface area contributed by atoms with Gasteiger partial charge in [-0.25, -0.2) is 4.68 Å². The summed E-state index contributed by atoms with van der Waals surface area (Å²) in [5.41, 5.74) is 2.37. The highest BCUT2D eigenvalue weighted by molar-refractivity contribution is 6.65. The van der Waals surface area contributed by atoms with Crippen molar-refractivity contribution in [3.63, 3.8) is 0 Å². The van der Waals surface area contributed by atoms with Crippen LogP contribution in [0.4, 0.5) is 0 Å². The van der Waals surface area contributed by atoms with Gasteiger partial charge in [0.2, 0.25) is 0 Å². The fraction of sp³-hybridized carbons (Fsp3) is 0.353. The molecule has 1 aliphatic rings. The molecule has 0 radical (unpaired) electrons. The molecular formula is C17H20BN3O2. The molecular weight excluding hydrogens is 289 g/mol. The van der Waals surface area contributed by atoms with Crippen LogP contribution in [0.25, 0.3) is 16.6 Å². The summed E-state index contributed by atoms with van der Waals surface area (Å²) >= 11 is 0. The van der Waals surface area contributed by atoms with E-state index in [1.165, 1.54) is 0 Å². The number of aromatic amines is 1. The first-order chi connectivity index (χ1) is 10.9. The number of aromatic nitrogens is 3. The summed E-state index contributed by atoms with van der Waals surface area (Å²) in [6.07, 6.45) is 5.66. The fourth-order valence-corrected chi connectivity index (χ4v) is 2.94. The van der Waals surface area contributed by atoms with Gasteiger partial charge >= 0.3 is 7.12 Å². The molecule has 0 saturated carbocycles. The van der Waals surface area contributed by atoms with Gasteiger partial charge in [-0.2, -0.15) is 5.10 Å². The van der Waals surface area contributed by atoms with Crippen LogP contribution >= 0.6 is 0 Å². The molecule has 1 aliphatic heterocycles. The number of fused-ring (bicyclic) bond motifs is 1. The highest BCUT2D eigenvalue weighted by atomic mass is 16.7. The van der Waals surface area contributed by atoms with Crippen molar-refractivity contribution in [1.82, 2.24) is 14.8 Å². The minimum atomic E-state index is -0.382.